The lowest BCUT2D eigenvalue weighted by molar-refractivity contribution is 0.0938. The van der Waals surface area contributed by atoms with Gasteiger partial charge >= 0.3 is 0 Å². The molecule has 3 heteroatoms. The molecule has 1 aliphatic heterocycles. The first-order chi connectivity index (χ1) is 6.70. The SMILES string of the molecule is CC(C)C(=O)c1cnn2c1CCCC2. The summed E-state index contributed by atoms with van der Waals surface area (Å²) >= 11 is 0. The molecule has 0 saturated carbocycles. The maximum atomic E-state index is 11.8. The van der Waals surface area contributed by atoms with Gasteiger partial charge in [0.15, 0.2) is 5.78 Å². The number of ketones is 1. The third kappa shape index (κ3) is 1.47. The number of nitrogens with zero attached hydrogens (tertiary/aromatic N) is 2. The van der Waals surface area contributed by atoms with Gasteiger partial charge in [-0.2, -0.15) is 5.10 Å². The molecule has 76 valence electrons. The van der Waals surface area contributed by atoms with Crippen LogP contribution in [0.1, 0.15) is 42.7 Å². The van der Waals surface area contributed by atoms with Gasteiger partial charge in [0.1, 0.15) is 0 Å². The highest BCUT2D eigenvalue weighted by Crippen LogP contribution is 2.20. The molecule has 0 aromatic carbocycles. The fraction of sp³-hybridized carbons (Fsp3) is 0.636. The Morgan fingerprint density at radius 1 is 1.50 bits per heavy atom. The second-order valence-electron chi connectivity index (χ2n) is 4.20. The third-order valence-electron chi connectivity index (χ3n) is 2.77. The molecular formula is C11H16N2O. The molecule has 0 atom stereocenters. The summed E-state index contributed by atoms with van der Waals surface area (Å²) in [6.07, 6.45) is 5.12. The number of rotatable bonds is 2. The molecule has 0 aliphatic carbocycles. The van der Waals surface area contributed by atoms with Crippen molar-refractivity contribution in [2.75, 3.05) is 0 Å². The van der Waals surface area contributed by atoms with Crippen LogP contribution < -0.4 is 0 Å². The standard InChI is InChI=1S/C11H16N2O/c1-8(2)11(14)9-7-12-13-6-4-3-5-10(9)13/h7-8H,3-6H2,1-2H3. The van der Waals surface area contributed by atoms with Crippen LogP contribution in [0.5, 0.6) is 0 Å². The van der Waals surface area contributed by atoms with Crippen LogP contribution in [0.15, 0.2) is 6.20 Å². The van der Waals surface area contributed by atoms with Gasteiger partial charge in [-0.1, -0.05) is 13.8 Å². The Morgan fingerprint density at radius 2 is 2.29 bits per heavy atom. The van der Waals surface area contributed by atoms with Gasteiger partial charge in [0.05, 0.1) is 11.8 Å². The number of Topliss-reactive ketones (excluding diaryl/α,β-unsaturated/α-hetero) is 1. The van der Waals surface area contributed by atoms with Gasteiger partial charge in [-0.25, -0.2) is 0 Å². The molecule has 2 rings (SSSR count). The third-order valence-corrected chi connectivity index (χ3v) is 2.77. The van der Waals surface area contributed by atoms with Gasteiger partial charge < -0.3 is 0 Å². The summed E-state index contributed by atoms with van der Waals surface area (Å²) in [7, 11) is 0. The normalized spacial score (nSPS) is 15.6. The molecule has 2 heterocycles. The van der Waals surface area contributed by atoms with E-state index < -0.39 is 0 Å². The second kappa shape index (κ2) is 3.56. The maximum absolute atomic E-state index is 11.8. The van der Waals surface area contributed by atoms with Crippen LogP contribution >= 0.6 is 0 Å². The van der Waals surface area contributed by atoms with Crippen molar-refractivity contribution in [1.29, 1.82) is 0 Å². The van der Waals surface area contributed by atoms with Gasteiger partial charge in [0.2, 0.25) is 0 Å². The summed E-state index contributed by atoms with van der Waals surface area (Å²) < 4.78 is 1.99. The van der Waals surface area contributed by atoms with Gasteiger partial charge in [-0.05, 0) is 19.3 Å². The summed E-state index contributed by atoms with van der Waals surface area (Å²) in [5.41, 5.74) is 2.00. The molecule has 0 fully saturated rings. The molecular weight excluding hydrogens is 176 g/mol. The number of hydrogen-bond acceptors (Lipinski definition) is 2. The van der Waals surface area contributed by atoms with E-state index in [9.17, 15) is 4.79 Å². The van der Waals surface area contributed by atoms with E-state index in [4.69, 9.17) is 0 Å². The van der Waals surface area contributed by atoms with Crippen LogP contribution in [0, 0.1) is 5.92 Å². The summed E-state index contributed by atoms with van der Waals surface area (Å²) in [6.45, 7) is 4.85. The number of carbonyl (C=O) groups excluding carboxylic acids is 1. The van der Waals surface area contributed by atoms with Crippen molar-refractivity contribution >= 4 is 5.78 Å². The topological polar surface area (TPSA) is 34.9 Å². The Kier molecular flexibility index (Phi) is 2.40. The Morgan fingerprint density at radius 3 is 3.00 bits per heavy atom. The monoisotopic (exact) mass is 192 g/mol. The minimum absolute atomic E-state index is 0.0748. The molecule has 0 spiro atoms. The highest BCUT2D eigenvalue weighted by atomic mass is 16.1. The van der Waals surface area contributed by atoms with Crippen LogP contribution in [-0.4, -0.2) is 15.6 Å². The van der Waals surface area contributed by atoms with Crippen molar-refractivity contribution in [2.45, 2.75) is 39.7 Å². The minimum atomic E-state index is 0.0748. The number of hydrogen-bond donors (Lipinski definition) is 0. The first-order valence-electron chi connectivity index (χ1n) is 5.29. The van der Waals surface area contributed by atoms with Crippen molar-refractivity contribution in [3.63, 3.8) is 0 Å². The minimum Gasteiger partial charge on any atom is -0.294 e. The number of aryl methyl sites for hydroxylation is 1. The van der Waals surface area contributed by atoms with E-state index in [0.29, 0.717) is 0 Å². The second-order valence-corrected chi connectivity index (χ2v) is 4.20. The number of aromatic nitrogens is 2. The molecule has 14 heavy (non-hydrogen) atoms. The summed E-state index contributed by atoms with van der Waals surface area (Å²) in [5.74, 6) is 0.305. The fourth-order valence-electron chi connectivity index (χ4n) is 1.94. The first kappa shape index (κ1) is 9.44. The molecule has 0 radical (unpaired) electrons. The number of fused-ring (bicyclic) bond motifs is 1. The fourth-order valence-corrected chi connectivity index (χ4v) is 1.94. The average molecular weight is 192 g/mol. The van der Waals surface area contributed by atoms with E-state index in [1.54, 1.807) is 6.20 Å². The Balaban J connectivity index is 2.35. The van der Waals surface area contributed by atoms with E-state index in [1.807, 2.05) is 18.5 Å². The molecule has 1 aromatic rings. The molecule has 1 aromatic heterocycles. The molecule has 0 amide bonds. The van der Waals surface area contributed by atoms with Gasteiger partial charge in [-0.15, -0.1) is 0 Å². The zero-order chi connectivity index (χ0) is 10.1. The quantitative estimate of drug-likeness (QED) is 0.672. The molecule has 0 saturated heterocycles. The molecule has 0 N–H and O–H groups in total. The van der Waals surface area contributed by atoms with E-state index in [1.165, 1.54) is 12.8 Å². The van der Waals surface area contributed by atoms with Crippen LogP contribution in [-0.2, 0) is 13.0 Å². The summed E-state index contributed by atoms with van der Waals surface area (Å²) in [4.78, 5) is 11.8. The van der Waals surface area contributed by atoms with Crippen LogP contribution in [0.25, 0.3) is 0 Å². The van der Waals surface area contributed by atoms with Crippen molar-refractivity contribution in [2.24, 2.45) is 5.92 Å². The van der Waals surface area contributed by atoms with Crippen molar-refractivity contribution in [1.82, 2.24) is 9.78 Å². The zero-order valence-electron chi connectivity index (χ0n) is 8.79. The molecule has 1 aliphatic rings. The molecule has 0 unspecified atom stereocenters. The van der Waals surface area contributed by atoms with E-state index in [2.05, 4.69) is 5.10 Å². The van der Waals surface area contributed by atoms with Crippen LogP contribution in [0.3, 0.4) is 0 Å². The summed E-state index contributed by atoms with van der Waals surface area (Å²) in [5, 5.41) is 4.26. The molecule has 3 nitrogen and oxygen atoms in total. The maximum Gasteiger partial charge on any atom is 0.168 e. The van der Waals surface area contributed by atoms with E-state index in [0.717, 1.165) is 24.2 Å². The lowest BCUT2D eigenvalue weighted by atomic mass is 9.98. The molecule has 0 bridgehead atoms. The van der Waals surface area contributed by atoms with Crippen molar-refractivity contribution < 1.29 is 4.79 Å². The zero-order valence-corrected chi connectivity index (χ0v) is 8.79. The lowest BCUT2D eigenvalue weighted by Crippen LogP contribution is -2.15. The van der Waals surface area contributed by atoms with Gasteiger partial charge in [-0.3, -0.25) is 9.48 Å². The predicted octanol–water partition coefficient (Wildman–Crippen LogP) is 2.06. The lowest BCUT2D eigenvalue weighted by Gasteiger charge is -2.14. The first-order valence-corrected chi connectivity index (χ1v) is 5.29. The van der Waals surface area contributed by atoms with Gasteiger partial charge in [0.25, 0.3) is 0 Å². The highest BCUT2D eigenvalue weighted by Gasteiger charge is 2.21. The van der Waals surface area contributed by atoms with Crippen molar-refractivity contribution in [3.8, 4) is 0 Å². The number of carbonyl (C=O) groups is 1. The smallest absolute Gasteiger partial charge is 0.168 e. The van der Waals surface area contributed by atoms with E-state index in [-0.39, 0.29) is 11.7 Å². The highest BCUT2D eigenvalue weighted by molar-refractivity contribution is 5.98. The van der Waals surface area contributed by atoms with E-state index >= 15 is 0 Å². The van der Waals surface area contributed by atoms with Crippen LogP contribution in [0.2, 0.25) is 0 Å². The largest absolute Gasteiger partial charge is 0.294 e. The Labute approximate surface area is 84.1 Å². The summed E-state index contributed by atoms with van der Waals surface area (Å²) in [6, 6.07) is 0. The Hall–Kier alpha value is -1.12. The van der Waals surface area contributed by atoms with Gasteiger partial charge in [0, 0.05) is 18.2 Å². The Bertz CT molecular complexity index is 352. The predicted molar refractivity (Wildman–Crippen MR) is 54.3 cm³/mol. The van der Waals surface area contributed by atoms with Crippen molar-refractivity contribution in [3.05, 3.63) is 17.5 Å². The average Bonchev–Trinajstić information content (AvgIpc) is 2.60. The van der Waals surface area contributed by atoms with Crippen LogP contribution in [0.4, 0.5) is 0 Å².